The summed E-state index contributed by atoms with van der Waals surface area (Å²) in [6.45, 7) is 0. The Morgan fingerprint density at radius 1 is 1.24 bits per heavy atom. The van der Waals surface area contributed by atoms with E-state index in [9.17, 15) is 5.26 Å². The second-order valence-corrected chi connectivity index (χ2v) is 6.81. The van der Waals surface area contributed by atoms with E-state index in [0.29, 0.717) is 20.6 Å². The van der Waals surface area contributed by atoms with E-state index in [2.05, 4.69) is 11.1 Å². The molecule has 3 nitrogen and oxygen atoms in total. The van der Waals surface area contributed by atoms with Crippen LogP contribution in [0.2, 0.25) is 10.0 Å². The van der Waals surface area contributed by atoms with E-state index in [1.54, 1.807) is 31.4 Å². The van der Waals surface area contributed by atoms with Crippen LogP contribution in [0.4, 0.5) is 0 Å². The lowest BCUT2D eigenvalue weighted by atomic mass is 10.1. The first-order valence-corrected chi connectivity index (χ1v) is 8.91. The number of ether oxygens (including phenoxy) is 1. The van der Waals surface area contributed by atoms with Gasteiger partial charge >= 0.3 is 0 Å². The highest BCUT2D eigenvalue weighted by Crippen LogP contribution is 2.30. The number of hydrogen-bond donors (Lipinski definition) is 0. The highest BCUT2D eigenvalue weighted by Gasteiger charge is 2.10. The highest BCUT2D eigenvalue weighted by atomic mass is 35.5. The van der Waals surface area contributed by atoms with Crippen LogP contribution in [0.3, 0.4) is 0 Å². The van der Waals surface area contributed by atoms with E-state index in [0.717, 1.165) is 22.6 Å². The van der Waals surface area contributed by atoms with Crippen LogP contribution in [-0.4, -0.2) is 12.1 Å². The summed E-state index contributed by atoms with van der Waals surface area (Å²) in [5, 5.41) is 13.1. The van der Waals surface area contributed by atoms with Crippen molar-refractivity contribution in [3.63, 3.8) is 0 Å². The van der Waals surface area contributed by atoms with Crippen molar-refractivity contribution in [2.75, 3.05) is 7.11 Å². The number of benzene rings is 2. The van der Waals surface area contributed by atoms with Gasteiger partial charge in [0.1, 0.15) is 16.8 Å². The van der Waals surface area contributed by atoms with Crippen molar-refractivity contribution in [2.45, 2.75) is 0 Å². The summed E-state index contributed by atoms with van der Waals surface area (Å²) in [5.41, 5.74) is 2.90. The fourth-order valence-corrected chi connectivity index (χ4v) is 3.49. The molecule has 124 valence electrons. The van der Waals surface area contributed by atoms with E-state index in [-0.39, 0.29) is 0 Å². The third-order valence-corrected chi connectivity index (χ3v) is 4.92. The Hall–Kier alpha value is -2.32. The zero-order valence-corrected chi connectivity index (χ0v) is 15.5. The van der Waals surface area contributed by atoms with Crippen LogP contribution in [0.5, 0.6) is 5.75 Å². The van der Waals surface area contributed by atoms with Gasteiger partial charge in [0.05, 0.1) is 18.4 Å². The Morgan fingerprint density at radius 3 is 2.80 bits per heavy atom. The first-order valence-electron chi connectivity index (χ1n) is 7.28. The van der Waals surface area contributed by atoms with Gasteiger partial charge in [-0.05, 0) is 35.9 Å². The Labute approximate surface area is 159 Å². The van der Waals surface area contributed by atoms with Gasteiger partial charge in [0.2, 0.25) is 0 Å². The van der Waals surface area contributed by atoms with Crippen molar-refractivity contribution in [3.05, 3.63) is 68.5 Å². The van der Waals surface area contributed by atoms with Crippen LogP contribution in [0, 0.1) is 11.3 Å². The number of methoxy groups -OCH3 is 1. The summed E-state index contributed by atoms with van der Waals surface area (Å²) in [6, 6.07) is 15.0. The predicted octanol–water partition coefficient (Wildman–Crippen LogP) is 6.19. The molecule has 0 saturated heterocycles. The highest BCUT2D eigenvalue weighted by molar-refractivity contribution is 7.11. The molecule has 2 aromatic carbocycles. The number of allylic oxidation sites excluding steroid dienone is 1. The molecule has 0 atom stereocenters. The second kappa shape index (κ2) is 7.71. The molecule has 0 spiro atoms. The van der Waals surface area contributed by atoms with Gasteiger partial charge in [-0.25, -0.2) is 4.98 Å². The maximum Gasteiger partial charge on any atom is 0.134 e. The maximum atomic E-state index is 9.51. The largest absolute Gasteiger partial charge is 0.497 e. The number of hydrogen-bond acceptors (Lipinski definition) is 4. The van der Waals surface area contributed by atoms with Gasteiger partial charge in [-0.3, -0.25) is 0 Å². The average molecular weight is 387 g/mol. The second-order valence-electron chi connectivity index (χ2n) is 5.11. The third kappa shape index (κ3) is 4.02. The van der Waals surface area contributed by atoms with Crippen molar-refractivity contribution < 1.29 is 4.74 Å². The Bertz CT molecular complexity index is 989. The predicted molar refractivity (Wildman–Crippen MR) is 104 cm³/mol. The molecule has 3 aromatic rings. The molecule has 0 aliphatic carbocycles. The van der Waals surface area contributed by atoms with Gasteiger partial charge in [0.25, 0.3) is 0 Å². The number of halogens is 2. The summed E-state index contributed by atoms with van der Waals surface area (Å²) < 4.78 is 5.24. The molecule has 1 aromatic heterocycles. The Morgan fingerprint density at radius 2 is 2.08 bits per heavy atom. The molecule has 0 N–H and O–H groups in total. The molecule has 3 rings (SSSR count). The van der Waals surface area contributed by atoms with Crippen LogP contribution < -0.4 is 4.74 Å². The molecule has 25 heavy (non-hydrogen) atoms. The smallest absolute Gasteiger partial charge is 0.134 e. The van der Waals surface area contributed by atoms with Gasteiger partial charge in [0, 0.05) is 21.0 Å². The fraction of sp³-hybridized carbons (Fsp3) is 0.0526. The summed E-state index contributed by atoms with van der Waals surface area (Å²) in [6.07, 6.45) is 1.72. The number of rotatable bonds is 4. The van der Waals surface area contributed by atoms with Gasteiger partial charge < -0.3 is 4.74 Å². The molecular weight excluding hydrogens is 375 g/mol. The lowest BCUT2D eigenvalue weighted by molar-refractivity contribution is 0.415. The molecule has 0 aliphatic rings. The first kappa shape index (κ1) is 17.5. The van der Waals surface area contributed by atoms with E-state index in [1.165, 1.54) is 11.3 Å². The van der Waals surface area contributed by atoms with Crippen LogP contribution in [0.1, 0.15) is 10.6 Å². The quantitative estimate of drug-likeness (QED) is 0.502. The first-order chi connectivity index (χ1) is 12.1. The minimum Gasteiger partial charge on any atom is -0.497 e. The van der Waals surface area contributed by atoms with Gasteiger partial charge in [-0.1, -0.05) is 41.4 Å². The number of nitriles is 1. The summed E-state index contributed by atoms with van der Waals surface area (Å²) in [5.74, 6) is 0.760. The van der Waals surface area contributed by atoms with Gasteiger partial charge in [0.15, 0.2) is 0 Å². The number of nitrogens with zero attached hydrogens (tertiary/aromatic N) is 2. The Kier molecular flexibility index (Phi) is 5.40. The molecule has 0 radical (unpaired) electrons. The van der Waals surface area contributed by atoms with E-state index in [1.807, 2.05) is 29.6 Å². The normalized spacial score (nSPS) is 11.2. The summed E-state index contributed by atoms with van der Waals surface area (Å²) in [4.78, 5) is 4.57. The lowest BCUT2D eigenvalue weighted by Crippen LogP contribution is -1.85. The fourth-order valence-electron chi connectivity index (χ4n) is 2.23. The molecular formula is C19H12Cl2N2OS. The molecule has 0 fully saturated rings. The van der Waals surface area contributed by atoms with Crippen molar-refractivity contribution >= 4 is 46.2 Å². The molecule has 0 aliphatic heterocycles. The number of aromatic nitrogens is 1. The van der Waals surface area contributed by atoms with E-state index >= 15 is 0 Å². The molecule has 0 saturated carbocycles. The van der Waals surface area contributed by atoms with Crippen LogP contribution in [0.15, 0.2) is 47.8 Å². The van der Waals surface area contributed by atoms with Gasteiger partial charge in [-0.2, -0.15) is 5.26 Å². The number of thiazole rings is 1. The summed E-state index contributed by atoms with van der Waals surface area (Å²) in [7, 11) is 1.62. The Balaban J connectivity index is 1.96. The molecule has 6 heteroatoms. The van der Waals surface area contributed by atoms with Crippen molar-refractivity contribution in [3.8, 4) is 23.1 Å². The van der Waals surface area contributed by atoms with Crippen LogP contribution >= 0.6 is 34.5 Å². The van der Waals surface area contributed by atoms with Crippen molar-refractivity contribution in [1.29, 1.82) is 5.26 Å². The standard InChI is InChI=1S/C19H12Cl2N2OS/c1-24-16-4-2-3-13(8-16)18-11-25-19(23-18)14(10-22)7-12-5-6-15(20)9-17(12)21/h2-9,11H,1H3. The third-order valence-electron chi connectivity index (χ3n) is 3.48. The molecule has 1 heterocycles. The zero-order chi connectivity index (χ0) is 17.8. The molecule has 0 amide bonds. The SMILES string of the molecule is COc1cccc(-c2csc(C(C#N)=Cc3ccc(Cl)cc3Cl)n2)c1. The zero-order valence-electron chi connectivity index (χ0n) is 13.2. The van der Waals surface area contributed by atoms with Crippen molar-refractivity contribution in [2.24, 2.45) is 0 Å². The monoisotopic (exact) mass is 386 g/mol. The lowest BCUT2D eigenvalue weighted by Gasteiger charge is -2.02. The minimum atomic E-state index is 0.448. The van der Waals surface area contributed by atoms with Crippen LogP contribution in [0.25, 0.3) is 22.9 Å². The minimum absolute atomic E-state index is 0.448. The van der Waals surface area contributed by atoms with Crippen molar-refractivity contribution in [1.82, 2.24) is 4.98 Å². The average Bonchev–Trinajstić information content (AvgIpc) is 3.11. The topological polar surface area (TPSA) is 45.9 Å². The van der Waals surface area contributed by atoms with Gasteiger partial charge in [-0.15, -0.1) is 11.3 Å². The summed E-state index contributed by atoms with van der Waals surface area (Å²) >= 11 is 13.5. The van der Waals surface area contributed by atoms with Crippen LogP contribution in [-0.2, 0) is 0 Å². The maximum absolute atomic E-state index is 9.51. The van der Waals surface area contributed by atoms with E-state index < -0.39 is 0 Å². The van der Waals surface area contributed by atoms with E-state index in [4.69, 9.17) is 27.9 Å². The molecule has 0 unspecified atom stereocenters. The molecule has 0 bridgehead atoms.